The second kappa shape index (κ2) is 6.47. The molecule has 1 aromatic carbocycles. The molecule has 25 heavy (non-hydrogen) atoms. The molecule has 1 atom stereocenters. The summed E-state index contributed by atoms with van der Waals surface area (Å²) in [6, 6.07) is 8.78. The minimum absolute atomic E-state index is 0.0764. The fraction of sp³-hybridized carbons (Fsp3) is 0.619. The zero-order valence-electron chi connectivity index (χ0n) is 15.1. The first-order valence-corrected chi connectivity index (χ1v) is 9.72. The predicted molar refractivity (Wildman–Crippen MR) is 97.1 cm³/mol. The van der Waals surface area contributed by atoms with Crippen LogP contribution in [0.15, 0.2) is 24.3 Å². The van der Waals surface area contributed by atoms with Gasteiger partial charge in [-0.15, -0.1) is 0 Å². The van der Waals surface area contributed by atoms with E-state index in [0.29, 0.717) is 19.0 Å². The SMILES string of the molecule is Cc1ccccc1CC1(NC(=O)C2CC(=O)N(C3CCCC3)C2)CC1. The number of carbonyl (C=O) groups excluding carboxylic acids is 2. The predicted octanol–water partition coefficient (Wildman–Crippen LogP) is 2.98. The molecule has 1 heterocycles. The van der Waals surface area contributed by atoms with E-state index < -0.39 is 0 Å². The van der Waals surface area contributed by atoms with Crippen molar-refractivity contribution in [2.45, 2.75) is 69.9 Å². The number of nitrogens with one attached hydrogen (secondary N) is 1. The Bertz CT molecular complexity index is 674. The molecule has 4 rings (SSSR count). The van der Waals surface area contributed by atoms with Crippen molar-refractivity contribution in [2.75, 3.05) is 6.54 Å². The van der Waals surface area contributed by atoms with Crippen LogP contribution in [0.1, 0.15) is 56.1 Å². The van der Waals surface area contributed by atoms with Crippen molar-refractivity contribution in [2.24, 2.45) is 5.92 Å². The Balaban J connectivity index is 1.37. The van der Waals surface area contributed by atoms with Crippen LogP contribution >= 0.6 is 0 Å². The lowest BCUT2D eigenvalue weighted by Crippen LogP contribution is -2.43. The highest BCUT2D eigenvalue weighted by Crippen LogP contribution is 2.40. The van der Waals surface area contributed by atoms with Crippen LogP contribution in [0.2, 0.25) is 0 Å². The van der Waals surface area contributed by atoms with Crippen molar-refractivity contribution in [1.82, 2.24) is 10.2 Å². The fourth-order valence-electron chi connectivity index (χ4n) is 4.51. The molecule has 1 N–H and O–H groups in total. The lowest BCUT2D eigenvalue weighted by atomic mass is 9.98. The van der Waals surface area contributed by atoms with Gasteiger partial charge in [-0.2, -0.15) is 0 Å². The third-order valence-electron chi connectivity index (χ3n) is 6.33. The average molecular weight is 340 g/mol. The largest absolute Gasteiger partial charge is 0.350 e. The minimum Gasteiger partial charge on any atom is -0.350 e. The first kappa shape index (κ1) is 16.6. The summed E-state index contributed by atoms with van der Waals surface area (Å²) in [6.45, 7) is 2.75. The van der Waals surface area contributed by atoms with E-state index in [4.69, 9.17) is 0 Å². The summed E-state index contributed by atoms with van der Waals surface area (Å²) in [5, 5.41) is 3.30. The molecule has 4 nitrogen and oxygen atoms in total. The molecule has 3 aliphatic rings. The Labute approximate surface area is 150 Å². The number of aryl methyl sites for hydroxylation is 1. The molecule has 0 radical (unpaired) electrons. The zero-order chi connectivity index (χ0) is 17.4. The second-order valence-electron chi connectivity index (χ2n) is 8.26. The highest BCUT2D eigenvalue weighted by atomic mass is 16.2. The highest BCUT2D eigenvalue weighted by Gasteiger charge is 2.47. The van der Waals surface area contributed by atoms with Gasteiger partial charge in [0.25, 0.3) is 0 Å². The van der Waals surface area contributed by atoms with Gasteiger partial charge in [0, 0.05) is 24.5 Å². The van der Waals surface area contributed by atoms with Gasteiger partial charge in [0.05, 0.1) is 5.92 Å². The van der Waals surface area contributed by atoms with Crippen molar-refractivity contribution in [1.29, 1.82) is 0 Å². The van der Waals surface area contributed by atoms with E-state index in [9.17, 15) is 9.59 Å². The molecule has 1 aromatic rings. The first-order valence-electron chi connectivity index (χ1n) is 9.72. The Morgan fingerprint density at radius 1 is 1.24 bits per heavy atom. The highest BCUT2D eigenvalue weighted by molar-refractivity contribution is 5.90. The van der Waals surface area contributed by atoms with Gasteiger partial charge in [-0.3, -0.25) is 9.59 Å². The summed E-state index contributed by atoms with van der Waals surface area (Å²) in [4.78, 5) is 27.1. The van der Waals surface area contributed by atoms with Crippen LogP contribution in [0.25, 0.3) is 0 Å². The van der Waals surface area contributed by atoms with Gasteiger partial charge in [-0.1, -0.05) is 37.1 Å². The van der Waals surface area contributed by atoms with Crippen molar-refractivity contribution in [3.63, 3.8) is 0 Å². The minimum atomic E-state index is -0.164. The molecular weight excluding hydrogens is 312 g/mol. The van der Waals surface area contributed by atoms with E-state index in [-0.39, 0.29) is 23.3 Å². The quantitative estimate of drug-likeness (QED) is 0.896. The summed E-state index contributed by atoms with van der Waals surface area (Å²) in [7, 11) is 0. The summed E-state index contributed by atoms with van der Waals surface area (Å²) in [5.41, 5.74) is 2.52. The number of likely N-dealkylation sites (tertiary alicyclic amines) is 1. The van der Waals surface area contributed by atoms with E-state index in [0.717, 1.165) is 32.1 Å². The Hall–Kier alpha value is -1.84. The molecule has 2 amide bonds. The lowest BCUT2D eigenvalue weighted by Gasteiger charge is -2.24. The van der Waals surface area contributed by atoms with E-state index in [1.165, 1.54) is 24.0 Å². The third kappa shape index (κ3) is 3.44. The number of amides is 2. The van der Waals surface area contributed by atoms with Gasteiger partial charge >= 0.3 is 0 Å². The number of rotatable bonds is 5. The van der Waals surface area contributed by atoms with Crippen LogP contribution in [0.5, 0.6) is 0 Å². The number of nitrogens with zero attached hydrogens (tertiary/aromatic N) is 1. The van der Waals surface area contributed by atoms with Crippen LogP contribution < -0.4 is 5.32 Å². The summed E-state index contributed by atoms with van der Waals surface area (Å²) >= 11 is 0. The molecular formula is C21H28N2O2. The van der Waals surface area contributed by atoms with Crippen molar-refractivity contribution in [3.05, 3.63) is 35.4 Å². The molecule has 3 fully saturated rings. The number of benzene rings is 1. The number of hydrogen-bond acceptors (Lipinski definition) is 2. The van der Waals surface area contributed by atoms with Crippen LogP contribution in [0.4, 0.5) is 0 Å². The van der Waals surface area contributed by atoms with Crippen LogP contribution in [0.3, 0.4) is 0 Å². The molecule has 2 saturated carbocycles. The smallest absolute Gasteiger partial charge is 0.225 e. The van der Waals surface area contributed by atoms with E-state index in [2.05, 4.69) is 36.5 Å². The maximum atomic E-state index is 12.8. The third-order valence-corrected chi connectivity index (χ3v) is 6.33. The lowest BCUT2D eigenvalue weighted by molar-refractivity contribution is -0.130. The first-order chi connectivity index (χ1) is 12.1. The molecule has 1 aliphatic heterocycles. The van der Waals surface area contributed by atoms with Gasteiger partial charge in [0.1, 0.15) is 0 Å². The molecule has 0 spiro atoms. The number of carbonyl (C=O) groups is 2. The molecule has 134 valence electrons. The monoisotopic (exact) mass is 340 g/mol. The molecule has 1 saturated heterocycles. The van der Waals surface area contributed by atoms with Crippen LogP contribution in [-0.2, 0) is 16.0 Å². The molecule has 0 aromatic heterocycles. The van der Waals surface area contributed by atoms with Gasteiger partial charge in [0.15, 0.2) is 0 Å². The number of hydrogen-bond donors (Lipinski definition) is 1. The zero-order valence-corrected chi connectivity index (χ0v) is 15.1. The Morgan fingerprint density at radius 2 is 1.96 bits per heavy atom. The van der Waals surface area contributed by atoms with Crippen molar-refractivity contribution >= 4 is 11.8 Å². The van der Waals surface area contributed by atoms with Crippen LogP contribution in [0, 0.1) is 12.8 Å². The summed E-state index contributed by atoms with van der Waals surface area (Å²) < 4.78 is 0. The Kier molecular flexibility index (Phi) is 4.30. The second-order valence-corrected chi connectivity index (χ2v) is 8.26. The van der Waals surface area contributed by atoms with Gasteiger partial charge in [0.2, 0.25) is 11.8 Å². The maximum absolute atomic E-state index is 12.8. The van der Waals surface area contributed by atoms with Crippen LogP contribution in [-0.4, -0.2) is 34.8 Å². The van der Waals surface area contributed by atoms with Gasteiger partial charge < -0.3 is 10.2 Å². The summed E-state index contributed by atoms with van der Waals surface area (Å²) in [6.07, 6.45) is 8.02. The van der Waals surface area contributed by atoms with E-state index in [1.54, 1.807) is 0 Å². The Morgan fingerprint density at radius 3 is 2.64 bits per heavy atom. The normalized spacial score (nSPS) is 25.4. The fourth-order valence-corrected chi connectivity index (χ4v) is 4.51. The standard InChI is InChI=1S/C21H28N2O2/c1-15-6-2-3-7-16(15)13-21(10-11-21)22-20(25)17-12-19(24)23(14-17)18-8-4-5-9-18/h2-3,6-7,17-18H,4-5,8-14H2,1H3,(H,22,25). The molecule has 1 unspecified atom stereocenters. The van der Waals surface area contributed by atoms with Crippen molar-refractivity contribution in [3.8, 4) is 0 Å². The van der Waals surface area contributed by atoms with E-state index >= 15 is 0 Å². The molecule has 2 aliphatic carbocycles. The molecule has 4 heteroatoms. The average Bonchev–Trinajstić information content (AvgIpc) is 3.00. The van der Waals surface area contributed by atoms with E-state index in [1.807, 2.05) is 4.90 Å². The van der Waals surface area contributed by atoms with Crippen molar-refractivity contribution < 1.29 is 9.59 Å². The molecule has 0 bridgehead atoms. The summed E-state index contributed by atoms with van der Waals surface area (Å²) in [5.74, 6) is 0.0955. The van der Waals surface area contributed by atoms with Gasteiger partial charge in [-0.25, -0.2) is 0 Å². The van der Waals surface area contributed by atoms with Gasteiger partial charge in [-0.05, 0) is 50.2 Å². The maximum Gasteiger partial charge on any atom is 0.225 e. The topological polar surface area (TPSA) is 49.4 Å².